The van der Waals surface area contributed by atoms with E-state index >= 15 is 0 Å². The molecule has 21 heavy (non-hydrogen) atoms. The molecule has 2 rings (SSSR count). The Hall–Kier alpha value is -2.01. The third kappa shape index (κ3) is 3.36. The molecule has 0 saturated heterocycles. The molecule has 0 saturated carbocycles. The highest BCUT2D eigenvalue weighted by atomic mass is 35.5. The number of benzene rings is 1. The van der Waals surface area contributed by atoms with Crippen LogP contribution in [0.5, 0.6) is 17.4 Å². The number of ether oxygens (including phenoxy) is 2. The second-order valence-electron chi connectivity index (χ2n) is 5.59. The quantitative estimate of drug-likeness (QED) is 0.933. The number of nitrogens with two attached hydrogens (primary N) is 1. The van der Waals surface area contributed by atoms with Crippen LogP contribution in [0.1, 0.15) is 26.3 Å². The zero-order chi connectivity index (χ0) is 15.6. The van der Waals surface area contributed by atoms with Crippen LogP contribution in [0.15, 0.2) is 24.5 Å². The van der Waals surface area contributed by atoms with Gasteiger partial charge in [-0.05, 0) is 23.6 Å². The molecule has 1 aromatic heterocycles. The number of nitrogens with zero attached hydrogens (tertiary/aromatic N) is 2. The first kappa shape index (κ1) is 15.4. The maximum atomic E-state index is 6.07. The summed E-state index contributed by atoms with van der Waals surface area (Å²) in [6, 6.07) is 5.59. The fourth-order valence-electron chi connectivity index (χ4n) is 1.85. The Morgan fingerprint density at radius 2 is 1.90 bits per heavy atom. The van der Waals surface area contributed by atoms with Crippen molar-refractivity contribution in [3.8, 4) is 17.4 Å². The smallest absolute Gasteiger partial charge is 0.243 e. The van der Waals surface area contributed by atoms with Gasteiger partial charge in [0.2, 0.25) is 5.88 Å². The van der Waals surface area contributed by atoms with E-state index in [9.17, 15) is 0 Å². The molecule has 0 unspecified atom stereocenters. The minimum Gasteiger partial charge on any atom is -0.497 e. The molecule has 112 valence electrons. The Labute approximate surface area is 129 Å². The van der Waals surface area contributed by atoms with Crippen LogP contribution in [0, 0.1) is 0 Å². The maximum absolute atomic E-state index is 6.07. The first-order valence-corrected chi connectivity index (χ1v) is 6.83. The van der Waals surface area contributed by atoms with Gasteiger partial charge in [-0.2, -0.15) is 4.98 Å². The van der Waals surface area contributed by atoms with E-state index in [0.29, 0.717) is 5.75 Å². The molecule has 0 bridgehead atoms. The van der Waals surface area contributed by atoms with Crippen LogP contribution in [0.25, 0.3) is 0 Å². The molecule has 0 spiro atoms. The number of hydrogen-bond acceptors (Lipinski definition) is 5. The second-order valence-corrected chi connectivity index (χ2v) is 5.97. The van der Waals surface area contributed by atoms with Crippen molar-refractivity contribution < 1.29 is 9.47 Å². The molecule has 0 aliphatic carbocycles. The molecule has 0 fully saturated rings. The van der Waals surface area contributed by atoms with Crippen LogP contribution >= 0.6 is 11.6 Å². The monoisotopic (exact) mass is 307 g/mol. The number of nitrogen functional groups attached to an aromatic ring is 1. The van der Waals surface area contributed by atoms with Crippen LogP contribution in [-0.4, -0.2) is 17.1 Å². The Bertz CT molecular complexity index is 654. The summed E-state index contributed by atoms with van der Waals surface area (Å²) >= 11 is 6.07. The predicted octanol–water partition coefficient (Wildman–Crippen LogP) is 3.81. The van der Waals surface area contributed by atoms with Gasteiger partial charge in [0.1, 0.15) is 28.7 Å². The number of anilines is 1. The lowest BCUT2D eigenvalue weighted by Gasteiger charge is -2.23. The van der Waals surface area contributed by atoms with Crippen LogP contribution in [0.4, 0.5) is 5.82 Å². The van der Waals surface area contributed by atoms with E-state index in [1.54, 1.807) is 7.11 Å². The van der Waals surface area contributed by atoms with Crippen LogP contribution < -0.4 is 15.2 Å². The van der Waals surface area contributed by atoms with E-state index in [-0.39, 0.29) is 22.1 Å². The summed E-state index contributed by atoms with van der Waals surface area (Å²) in [6.45, 7) is 6.26. The Morgan fingerprint density at radius 1 is 1.19 bits per heavy atom. The number of rotatable bonds is 3. The van der Waals surface area contributed by atoms with Crippen LogP contribution in [-0.2, 0) is 5.41 Å². The zero-order valence-corrected chi connectivity index (χ0v) is 13.2. The van der Waals surface area contributed by atoms with Crippen LogP contribution in [0.2, 0.25) is 5.02 Å². The molecule has 0 aliphatic heterocycles. The third-order valence-electron chi connectivity index (χ3n) is 2.99. The molecule has 2 N–H and O–H groups in total. The predicted molar refractivity (Wildman–Crippen MR) is 83.2 cm³/mol. The van der Waals surface area contributed by atoms with E-state index in [1.807, 2.05) is 18.2 Å². The maximum Gasteiger partial charge on any atom is 0.243 e. The van der Waals surface area contributed by atoms with Crippen molar-refractivity contribution in [2.75, 3.05) is 12.8 Å². The van der Waals surface area contributed by atoms with Gasteiger partial charge in [0.15, 0.2) is 0 Å². The van der Waals surface area contributed by atoms with Crippen molar-refractivity contribution in [3.63, 3.8) is 0 Å². The van der Waals surface area contributed by atoms with Crippen molar-refractivity contribution in [1.82, 2.24) is 9.97 Å². The van der Waals surface area contributed by atoms with E-state index in [4.69, 9.17) is 26.8 Å². The van der Waals surface area contributed by atoms with Gasteiger partial charge in [0, 0.05) is 5.56 Å². The van der Waals surface area contributed by atoms with Crippen LogP contribution in [0.3, 0.4) is 0 Å². The van der Waals surface area contributed by atoms with E-state index in [1.165, 1.54) is 6.33 Å². The molecule has 0 aliphatic rings. The molecule has 0 radical (unpaired) electrons. The minimum absolute atomic E-state index is 0.130. The largest absolute Gasteiger partial charge is 0.497 e. The Balaban J connectivity index is 2.46. The summed E-state index contributed by atoms with van der Waals surface area (Å²) in [5.74, 6) is 1.84. The SMILES string of the molecule is COc1ccc(Oc2ncnc(N)c2Cl)c(C(C)(C)C)c1. The van der Waals surface area contributed by atoms with Gasteiger partial charge in [-0.15, -0.1) is 0 Å². The fraction of sp³-hybridized carbons (Fsp3) is 0.333. The van der Waals surface area contributed by atoms with Gasteiger partial charge >= 0.3 is 0 Å². The van der Waals surface area contributed by atoms with Crippen molar-refractivity contribution in [3.05, 3.63) is 35.1 Å². The Kier molecular flexibility index (Phi) is 4.23. The highest BCUT2D eigenvalue weighted by Crippen LogP contribution is 2.38. The summed E-state index contributed by atoms with van der Waals surface area (Å²) in [4.78, 5) is 7.84. The van der Waals surface area contributed by atoms with Gasteiger partial charge < -0.3 is 15.2 Å². The summed E-state index contributed by atoms with van der Waals surface area (Å²) in [7, 11) is 1.63. The lowest BCUT2D eigenvalue weighted by molar-refractivity contribution is 0.405. The minimum atomic E-state index is -0.130. The average molecular weight is 308 g/mol. The van der Waals surface area contributed by atoms with E-state index < -0.39 is 0 Å². The number of hydrogen-bond donors (Lipinski definition) is 1. The molecule has 1 heterocycles. The summed E-state index contributed by atoms with van der Waals surface area (Å²) in [5.41, 5.74) is 6.51. The molecular weight excluding hydrogens is 290 g/mol. The van der Waals surface area contributed by atoms with Gasteiger partial charge in [0.25, 0.3) is 0 Å². The lowest BCUT2D eigenvalue weighted by Crippen LogP contribution is -2.13. The summed E-state index contributed by atoms with van der Waals surface area (Å²) in [6.07, 6.45) is 1.32. The highest BCUT2D eigenvalue weighted by molar-refractivity contribution is 6.34. The van der Waals surface area contributed by atoms with Crippen molar-refractivity contribution in [1.29, 1.82) is 0 Å². The number of halogens is 1. The standard InChI is InChI=1S/C15H18ClN3O2/c1-15(2,3)10-7-9(20-4)5-6-11(10)21-14-12(16)13(17)18-8-19-14/h5-8H,1-4H3,(H2,17,18,19). The van der Waals surface area contributed by atoms with Gasteiger partial charge in [-0.1, -0.05) is 32.4 Å². The summed E-state index contributed by atoms with van der Waals surface area (Å²) in [5, 5.41) is 0.202. The molecular formula is C15H18ClN3O2. The molecule has 5 nitrogen and oxygen atoms in total. The number of aromatic nitrogens is 2. The van der Waals surface area contributed by atoms with E-state index in [2.05, 4.69) is 30.7 Å². The third-order valence-corrected chi connectivity index (χ3v) is 3.34. The van der Waals surface area contributed by atoms with Crippen molar-refractivity contribution in [2.24, 2.45) is 0 Å². The average Bonchev–Trinajstić information content (AvgIpc) is 2.43. The Morgan fingerprint density at radius 3 is 2.52 bits per heavy atom. The van der Waals surface area contributed by atoms with Gasteiger partial charge in [-0.3, -0.25) is 0 Å². The molecule has 1 aromatic carbocycles. The first-order valence-electron chi connectivity index (χ1n) is 6.45. The molecule has 0 atom stereocenters. The zero-order valence-electron chi connectivity index (χ0n) is 12.5. The first-order chi connectivity index (χ1) is 9.82. The summed E-state index contributed by atoms with van der Waals surface area (Å²) < 4.78 is 11.1. The lowest BCUT2D eigenvalue weighted by atomic mass is 9.86. The fourth-order valence-corrected chi connectivity index (χ4v) is 1.99. The molecule has 6 heteroatoms. The molecule has 0 amide bonds. The van der Waals surface area contributed by atoms with Crippen molar-refractivity contribution >= 4 is 17.4 Å². The van der Waals surface area contributed by atoms with Crippen molar-refractivity contribution in [2.45, 2.75) is 26.2 Å². The number of methoxy groups -OCH3 is 1. The van der Waals surface area contributed by atoms with E-state index in [0.717, 1.165) is 11.3 Å². The molecule has 2 aromatic rings. The van der Waals surface area contributed by atoms with Gasteiger partial charge in [-0.25, -0.2) is 4.98 Å². The van der Waals surface area contributed by atoms with Gasteiger partial charge in [0.05, 0.1) is 7.11 Å². The highest BCUT2D eigenvalue weighted by Gasteiger charge is 2.21. The second kappa shape index (κ2) is 5.77. The topological polar surface area (TPSA) is 70.3 Å². The normalized spacial score (nSPS) is 11.3.